The van der Waals surface area contributed by atoms with Crippen LogP contribution < -0.4 is 5.32 Å². The minimum Gasteiger partial charge on any atom is -0.598 e. The largest absolute Gasteiger partial charge is 0.598 e. The molecule has 0 spiro atoms. The SMILES string of the molecule is COCCNc1ccc(CN(CC(C)C)[S+]([O-])Cc2ccccc2)cc1. The second kappa shape index (κ2) is 11.2. The maximum absolute atomic E-state index is 12.9. The third-order valence-electron chi connectivity index (χ3n) is 3.94. The quantitative estimate of drug-likeness (QED) is 0.476. The van der Waals surface area contributed by atoms with Crippen molar-refractivity contribution in [3.63, 3.8) is 0 Å². The Hall–Kier alpha value is -1.53. The molecule has 2 aromatic carbocycles. The number of ether oxygens (including phenoxy) is 1. The third-order valence-corrected chi connectivity index (χ3v) is 5.37. The van der Waals surface area contributed by atoms with Crippen LogP contribution in [0.2, 0.25) is 0 Å². The van der Waals surface area contributed by atoms with Crippen molar-refractivity contribution in [1.29, 1.82) is 0 Å². The molecule has 0 radical (unpaired) electrons. The number of rotatable bonds is 11. The number of benzene rings is 2. The van der Waals surface area contributed by atoms with Crippen molar-refractivity contribution in [3.8, 4) is 0 Å². The van der Waals surface area contributed by atoms with Gasteiger partial charge in [0.25, 0.3) is 0 Å². The Labute approximate surface area is 160 Å². The molecule has 142 valence electrons. The van der Waals surface area contributed by atoms with Gasteiger partial charge in [0.2, 0.25) is 0 Å². The fraction of sp³-hybridized carbons (Fsp3) is 0.429. The first-order chi connectivity index (χ1) is 12.6. The molecule has 4 nitrogen and oxygen atoms in total. The van der Waals surface area contributed by atoms with Gasteiger partial charge in [0.1, 0.15) is 0 Å². The number of anilines is 1. The lowest BCUT2D eigenvalue weighted by atomic mass is 10.2. The van der Waals surface area contributed by atoms with E-state index in [4.69, 9.17) is 4.74 Å². The van der Waals surface area contributed by atoms with Crippen LogP contribution in [-0.4, -0.2) is 35.7 Å². The van der Waals surface area contributed by atoms with Gasteiger partial charge in [0, 0.05) is 42.8 Å². The molecule has 5 heteroatoms. The molecule has 0 heterocycles. The molecule has 0 aromatic heterocycles. The van der Waals surface area contributed by atoms with Crippen molar-refractivity contribution < 1.29 is 9.29 Å². The first kappa shape index (κ1) is 20.8. The van der Waals surface area contributed by atoms with E-state index in [0.717, 1.165) is 24.3 Å². The predicted molar refractivity (Wildman–Crippen MR) is 110 cm³/mol. The van der Waals surface area contributed by atoms with Crippen molar-refractivity contribution in [2.75, 3.05) is 32.1 Å². The summed E-state index contributed by atoms with van der Waals surface area (Å²) in [6, 6.07) is 18.4. The second-order valence-corrected chi connectivity index (χ2v) is 8.23. The van der Waals surface area contributed by atoms with E-state index in [0.29, 0.717) is 24.8 Å². The van der Waals surface area contributed by atoms with E-state index in [9.17, 15) is 4.55 Å². The molecule has 1 N–H and O–H groups in total. The van der Waals surface area contributed by atoms with Crippen LogP contribution in [0.15, 0.2) is 54.6 Å². The summed E-state index contributed by atoms with van der Waals surface area (Å²) in [7, 11) is 1.70. The summed E-state index contributed by atoms with van der Waals surface area (Å²) in [5.41, 5.74) is 3.35. The molecule has 0 bridgehead atoms. The molecule has 0 aliphatic rings. The first-order valence-corrected chi connectivity index (χ1v) is 10.3. The zero-order valence-corrected chi connectivity index (χ0v) is 16.8. The van der Waals surface area contributed by atoms with E-state index in [1.54, 1.807) is 7.11 Å². The van der Waals surface area contributed by atoms with Gasteiger partial charge < -0.3 is 14.6 Å². The highest BCUT2D eigenvalue weighted by atomic mass is 32.2. The molecule has 0 amide bonds. The van der Waals surface area contributed by atoms with E-state index < -0.39 is 11.4 Å². The minimum absolute atomic E-state index is 0.463. The summed E-state index contributed by atoms with van der Waals surface area (Å²) in [5.74, 6) is 1.02. The summed E-state index contributed by atoms with van der Waals surface area (Å²) in [4.78, 5) is 0. The summed E-state index contributed by atoms with van der Waals surface area (Å²) < 4.78 is 20.0. The van der Waals surface area contributed by atoms with Gasteiger partial charge in [-0.2, -0.15) is 0 Å². The molecule has 0 fully saturated rings. The maximum atomic E-state index is 12.9. The first-order valence-electron chi connectivity index (χ1n) is 9.07. The summed E-state index contributed by atoms with van der Waals surface area (Å²) in [6.45, 7) is 7.30. The molecule has 2 aromatic rings. The fourth-order valence-corrected chi connectivity index (χ4v) is 4.08. The number of nitrogens with one attached hydrogen (secondary N) is 1. The van der Waals surface area contributed by atoms with Crippen molar-refractivity contribution >= 4 is 17.0 Å². The lowest BCUT2D eigenvalue weighted by molar-refractivity contribution is 0.211. The second-order valence-electron chi connectivity index (χ2n) is 6.78. The van der Waals surface area contributed by atoms with Gasteiger partial charge >= 0.3 is 0 Å². The van der Waals surface area contributed by atoms with Crippen LogP contribution in [0.3, 0.4) is 0 Å². The summed E-state index contributed by atoms with van der Waals surface area (Å²) in [6.07, 6.45) is 0. The van der Waals surface area contributed by atoms with Crippen LogP contribution in [0.25, 0.3) is 0 Å². The number of hydrogen-bond donors (Lipinski definition) is 1. The molecular weight excluding hydrogens is 344 g/mol. The average Bonchev–Trinajstić information content (AvgIpc) is 2.63. The Balaban J connectivity index is 1.98. The summed E-state index contributed by atoms with van der Waals surface area (Å²) >= 11 is -1.04. The Bertz CT molecular complexity index is 620. The van der Waals surface area contributed by atoms with Gasteiger partial charge in [-0.1, -0.05) is 56.3 Å². The minimum atomic E-state index is -1.04. The fourth-order valence-electron chi connectivity index (χ4n) is 2.66. The smallest absolute Gasteiger partial charge is 0.150 e. The molecule has 1 unspecified atom stereocenters. The van der Waals surface area contributed by atoms with E-state index in [1.165, 1.54) is 5.56 Å². The van der Waals surface area contributed by atoms with Crippen LogP contribution in [0.4, 0.5) is 5.69 Å². The Morgan fingerprint density at radius 1 is 1.04 bits per heavy atom. The molecule has 2 rings (SSSR count). The van der Waals surface area contributed by atoms with E-state index in [1.807, 2.05) is 30.3 Å². The average molecular weight is 375 g/mol. The third kappa shape index (κ3) is 7.38. The van der Waals surface area contributed by atoms with Crippen LogP contribution >= 0.6 is 0 Å². The lowest BCUT2D eigenvalue weighted by Crippen LogP contribution is -2.34. The Kier molecular flexibility index (Phi) is 8.98. The molecule has 0 saturated heterocycles. The number of hydrogen-bond acceptors (Lipinski definition) is 4. The van der Waals surface area contributed by atoms with Gasteiger partial charge in [0.15, 0.2) is 5.75 Å². The van der Waals surface area contributed by atoms with E-state index >= 15 is 0 Å². The Morgan fingerprint density at radius 3 is 2.35 bits per heavy atom. The monoisotopic (exact) mass is 374 g/mol. The molecule has 0 aliphatic carbocycles. The highest BCUT2D eigenvalue weighted by Gasteiger charge is 2.21. The van der Waals surface area contributed by atoms with E-state index in [2.05, 4.69) is 47.7 Å². The topological polar surface area (TPSA) is 47.6 Å². The number of nitrogens with zero attached hydrogens (tertiary/aromatic N) is 1. The molecule has 26 heavy (non-hydrogen) atoms. The van der Waals surface area contributed by atoms with Gasteiger partial charge in [0.05, 0.1) is 13.2 Å². The zero-order chi connectivity index (χ0) is 18.8. The molecule has 0 aliphatic heterocycles. The van der Waals surface area contributed by atoms with Gasteiger partial charge in [-0.05, 0) is 23.6 Å². The van der Waals surface area contributed by atoms with Crippen molar-refractivity contribution in [2.24, 2.45) is 5.92 Å². The molecular formula is C21H30N2O2S. The normalized spacial score (nSPS) is 12.5. The van der Waals surface area contributed by atoms with Crippen LogP contribution in [-0.2, 0) is 28.4 Å². The standard InChI is InChI=1S/C21H30N2O2S/c1-18(2)15-23(26(24)17-20-7-5-4-6-8-20)16-19-9-11-21(12-10-19)22-13-14-25-3/h4-12,18,22H,13-17H2,1-3H3. The zero-order valence-electron chi connectivity index (χ0n) is 16.0. The van der Waals surface area contributed by atoms with Crippen LogP contribution in [0.5, 0.6) is 0 Å². The maximum Gasteiger partial charge on any atom is 0.150 e. The Morgan fingerprint density at radius 2 is 1.73 bits per heavy atom. The van der Waals surface area contributed by atoms with Crippen LogP contribution in [0, 0.1) is 5.92 Å². The van der Waals surface area contributed by atoms with Crippen molar-refractivity contribution in [1.82, 2.24) is 4.31 Å². The van der Waals surface area contributed by atoms with Crippen molar-refractivity contribution in [2.45, 2.75) is 26.1 Å². The predicted octanol–water partition coefficient (Wildman–Crippen LogP) is 4.07. The van der Waals surface area contributed by atoms with E-state index in [-0.39, 0.29) is 0 Å². The number of methoxy groups -OCH3 is 1. The molecule has 1 atom stereocenters. The lowest BCUT2D eigenvalue weighted by Gasteiger charge is -2.26. The van der Waals surface area contributed by atoms with Gasteiger partial charge in [-0.25, -0.2) is 0 Å². The highest BCUT2D eigenvalue weighted by molar-refractivity contribution is 7.88. The van der Waals surface area contributed by atoms with Gasteiger partial charge in [-0.3, -0.25) is 0 Å². The van der Waals surface area contributed by atoms with Crippen LogP contribution in [0.1, 0.15) is 25.0 Å². The highest BCUT2D eigenvalue weighted by Crippen LogP contribution is 2.18. The van der Waals surface area contributed by atoms with Gasteiger partial charge in [-0.15, -0.1) is 4.31 Å². The summed E-state index contributed by atoms with van der Waals surface area (Å²) in [5, 5.41) is 3.32. The van der Waals surface area contributed by atoms with Crippen molar-refractivity contribution in [3.05, 3.63) is 65.7 Å². The molecule has 0 saturated carbocycles.